The first-order valence-electron chi connectivity index (χ1n) is 6.76. The minimum Gasteiger partial charge on any atom is -0.460 e. The summed E-state index contributed by atoms with van der Waals surface area (Å²) in [6, 6.07) is 0. The quantitative estimate of drug-likeness (QED) is 0.411. The van der Waals surface area contributed by atoms with Crippen molar-refractivity contribution in [2.45, 2.75) is 37.3 Å². The van der Waals surface area contributed by atoms with Crippen LogP contribution in [-0.2, 0) is 28.5 Å². The summed E-state index contributed by atoms with van der Waals surface area (Å²) in [6.07, 6.45) is -6.73. The first kappa shape index (κ1) is 20.1. The standard InChI is InChI=1S/2C7H8F2O3/c1-2-6(10)11-4-5-3-7(8,9)12-5;1-2-5(10)11-3-4-6(8)7(9)12-4/h2,5H,1,3-4H2;2,4,6-7H,1,3H2. The number of halogens is 4. The van der Waals surface area contributed by atoms with E-state index < -0.39 is 49.2 Å². The second kappa shape index (κ2) is 8.78. The van der Waals surface area contributed by atoms with Crippen LogP contribution in [0.5, 0.6) is 0 Å². The van der Waals surface area contributed by atoms with E-state index in [1.807, 2.05) is 0 Å². The molecule has 2 aliphatic heterocycles. The third-order valence-electron chi connectivity index (χ3n) is 2.85. The van der Waals surface area contributed by atoms with Crippen LogP contribution in [0.15, 0.2) is 25.3 Å². The van der Waals surface area contributed by atoms with Gasteiger partial charge in [-0.15, -0.1) is 0 Å². The Bertz CT molecular complexity index is 476. The Balaban J connectivity index is 0.000000240. The van der Waals surface area contributed by atoms with Gasteiger partial charge in [-0.2, -0.15) is 8.78 Å². The van der Waals surface area contributed by atoms with Gasteiger partial charge in [0.2, 0.25) is 6.36 Å². The lowest BCUT2D eigenvalue weighted by atomic mass is 10.1. The van der Waals surface area contributed by atoms with Crippen LogP contribution in [0, 0.1) is 0 Å². The van der Waals surface area contributed by atoms with E-state index in [2.05, 4.69) is 32.1 Å². The Morgan fingerprint density at radius 3 is 2.00 bits per heavy atom. The topological polar surface area (TPSA) is 71.1 Å². The van der Waals surface area contributed by atoms with Gasteiger partial charge in [0.25, 0.3) is 0 Å². The molecule has 0 spiro atoms. The molecule has 2 heterocycles. The van der Waals surface area contributed by atoms with Crippen molar-refractivity contribution in [3.8, 4) is 0 Å². The van der Waals surface area contributed by atoms with Gasteiger partial charge in [0.15, 0.2) is 6.17 Å². The molecule has 0 saturated carbocycles. The Morgan fingerprint density at radius 1 is 1.12 bits per heavy atom. The van der Waals surface area contributed by atoms with Crippen LogP contribution in [-0.4, -0.2) is 56.0 Å². The molecule has 0 bridgehead atoms. The highest BCUT2D eigenvalue weighted by Gasteiger charge is 2.47. The van der Waals surface area contributed by atoms with Gasteiger partial charge >= 0.3 is 18.0 Å². The number of hydrogen-bond acceptors (Lipinski definition) is 6. The minimum absolute atomic E-state index is 0.138. The van der Waals surface area contributed by atoms with Crippen LogP contribution in [0.2, 0.25) is 0 Å². The van der Waals surface area contributed by atoms with Gasteiger partial charge in [-0.3, -0.25) is 0 Å². The second-order valence-electron chi connectivity index (χ2n) is 4.72. The van der Waals surface area contributed by atoms with Crippen LogP contribution in [0.4, 0.5) is 17.6 Å². The average Bonchev–Trinajstić information content (AvgIpc) is 2.53. The van der Waals surface area contributed by atoms with Crippen LogP contribution in [0.1, 0.15) is 6.42 Å². The number of alkyl halides is 4. The van der Waals surface area contributed by atoms with Crippen LogP contribution >= 0.6 is 0 Å². The predicted octanol–water partition coefficient (Wildman–Crippen LogP) is 1.85. The summed E-state index contributed by atoms with van der Waals surface area (Å²) in [4.78, 5) is 20.9. The Kier molecular flexibility index (Phi) is 7.36. The van der Waals surface area contributed by atoms with Crippen molar-refractivity contribution in [3.63, 3.8) is 0 Å². The summed E-state index contributed by atoms with van der Waals surface area (Å²) < 4.78 is 65.7. The third-order valence-corrected chi connectivity index (χ3v) is 2.85. The minimum atomic E-state index is -3.04. The van der Waals surface area contributed by atoms with Crippen molar-refractivity contribution < 1.29 is 46.1 Å². The fraction of sp³-hybridized carbons (Fsp3) is 0.571. The largest absolute Gasteiger partial charge is 0.460 e. The second-order valence-corrected chi connectivity index (χ2v) is 4.72. The molecule has 0 N–H and O–H groups in total. The lowest BCUT2D eigenvalue weighted by Gasteiger charge is -2.34. The van der Waals surface area contributed by atoms with Gasteiger partial charge in [-0.25, -0.2) is 18.4 Å². The van der Waals surface area contributed by atoms with E-state index in [-0.39, 0.29) is 13.2 Å². The highest BCUT2D eigenvalue weighted by Crippen LogP contribution is 2.35. The maximum Gasteiger partial charge on any atom is 0.358 e. The van der Waals surface area contributed by atoms with Gasteiger partial charge in [0, 0.05) is 12.2 Å². The zero-order valence-corrected chi connectivity index (χ0v) is 12.5. The van der Waals surface area contributed by atoms with Crippen molar-refractivity contribution in [2.24, 2.45) is 0 Å². The van der Waals surface area contributed by atoms with E-state index in [1.165, 1.54) is 0 Å². The number of esters is 2. The fourth-order valence-electron chi connectivity index (χ4n) is 1.58. The molecule has 0 aromatic carbocycles. The fourth-order valence-corrected chi connectivity index (χ4v) is 1.58. The van der Waals surface area contributed by atoms with E-state index >= 15 is 0 Å². The molecule has 2 saturated heterocycles. The number of hydrogen-bond donors (Lipinski definition) is 0. The molecule has 24 heavy (non-hydrogen) atoms. The average molecular weight is 356 g/mol. The van der Waals surface area contributed by atoms with E-state index in [9.17, 15) is 27.2 Å². The molecule has 4 atom stereocenters. The third kappa shape index (κ3) is 6.28. The van der Waals surface area contributed by atoms with Crippen molar-refractivity contribution in [2.75, 3.05) is 13.2 Å². The van der Waals surface area contributed by atoms with E-state index in [4.69, 9.17) is 0 Å². The van der Waals surface area contributed by atoms with Crippen molar-refractivity contribution in [1.82, 2.24) is 0 Å². The molecule has 0 aromatic heterocycles. The molecule has 4 unspecified atom stereocenters. The number of carbonyl (C=O) groups excluding carboxylic acids is 2. The van der Waals surface area contributed by atoms with E-state index in [0.717, 1.165) is 12.2 Å². The molecule has 2 rings (SSSR count). The van der Waals surface area contributed by atoms with E-state index in [1.54, 1.807) is 0 Å². The van der Waals surface area contributed by atoms with Gasteiger partial charge in [-0.05, 0) is 0 Å². The molecule has 0 radical (unpaired) electrons. The molecular weight excluding hydrogens is 340 g/mol. The van der Waals surface area contributed by atoms with Gasteiger partial charge in [-0.1, -0.05) is 13.2 Å². The lowest BCUT2D eigenvalue weighted by Crippen LogP contribution is -2.51. The molecule has 10 heteroatoms. The summed E-state index contributed by atoms with van der Waals surface area (Å²) >= 11 is 0. The highest BCUT2D eigenvalue weighted by molar-refractivity contribution is 5.81. The summed E-state index contributed by atoms with van der Waals surface area (Å²) in [6.45, 7) is 5.87. The highest BCUT2D eigenvalue weighted by atomic mass is 19.3. The first-order valence-corrected chi connectivity index (χ1v) is 6.76. The molecule has 0 aromatic rings. The first-order chi connectivity index (χ1) is 11.2. The molecule has 0 aliphatic carbocycles. The Hall–Kier alpha value is -1.94. The molecule has 2 aliphatic rings. The van der Waals surface area contributed by atoms with Crippen molar-refractivity contribution in [3.05, 3.63) is 25.3 Å². The van der Waals surface area contributed by atoms with Crippen LogP contribution < -0.4 is 0 Å². The zero-order valence-electron chi connectivity index (χ0n) is 12.5. The lowest BCUT2D eigenvalue weighted by molar-refractivity contribution is -0.355. The molecule has 136 valence electrons. The smallest absolute Gasteiger partial charge is 0.358 e. The van der Waals surface area contributed by atoms with E-state index in [0.29, 0.717) is 0 Å². The normalized spacial score (nSPS) is 29.7. The zero-order chi connectivity index (χ0) is 18.3. The number of carbonyl (C=O) groups is 2. The molecule has 0 amide bonds. The number of ether oxygens (including phenoxy) is 4. The maximum absolute atomic E-state index is 12.4. The number of rotatable bonds is 6. The predicted molar refractivity (Wildman–Crippen MR) is 71.4 cm³/mol. The van der Waals surface area contributed by atoms with Crippen LogP contribution in [0.25, 0.3) is 0 Å². The summed E-state index contributed by atoms with van der Waals surface area (Å²) in [5, 5.41) is 0. The molecule has 6 nitrogen and oxygen atoms in total. The van der Waals surface area contributed by atoms with Gasteiger partial charge in [0.1, 0.15) is 25.4 Å². The van der Waals surface area contributed by atoms with Gasteiger partial charge < -0.3 is 18.9 Å². The SMILES string of the molecule is C=CC(=O)OCC1CC(F)(F)O1.C=CC(=O)OCC1OC(F)C1F. The van der Waals surface area contributed by atoms with Crippen molar-refractivity contribution in [1.29, 1.82) is 0 Å². The maximum atomic E-state index is 12.4. The summed E-state index contributed by atoms with van der Waals surface area (Å²) in [5.74, 6) is -1.30. The van der Waals surface area contributed by atoms with Crippen molar-refractivity contribution >= 4 is 11.9 Å². The molecule has 2 fully saturated rings. The van der Waals surface area contributed by atoms with Gasteiger partial charge in [0.05, 0.1) is 6.42 Å². The monoisotopic (exact) mass is 356 g/mol. The summed E-state index contributed by atoms with van der Waals surface area (Å²) in [5.41, 5.74) is 0. The molecular formula is C14H16F4O6. The summed E-state index contributed by atoms with van der Waals surface area (Å²) in [7, 11) is 0. The Labute approximate surface area is 135 Å². The van der Waals surface area contributed by atoms with Crippen LogP contribution in [0.3, 0.4) is 0 Å². The Morgan fingerprint density at radius 2 is 1.62 bits per heavy atom.